The molecular weight excluding hydrogens is 338 g/mol. The second kappa shape index (κ2) is 7.48. The fourth-order valence-corrected chi connectivity index (χ4v) is 3.60. The Kier molecular flexibility index (Phi) is 5.33. The minimum atomic E-state index is -0.0260. The van der Waals surface area contributed by atoms with Crippen LogP contribution in [0.3, 0.4) is 0 Å². The van der Waals surface area contributed by atoms with Gasteiger partial charge in [0.1, 0.15) is 5.69 Å². The molecule has 2 heterocycles. The predicted octanol–water partition coefficient (Wildman–Crippen LogP) is 3.54. The number of piperazine rings is 1. The molecule has 1 fully saturated rings. The van der Waals surface area contributed by atoms with Gasteiger partial charge in [0.05, 0.1) is 0 Å². The summed E-state index contributed by atoms with van der Waals surface area (Å²) in [6, 6.07) is 7.36. The van der Waals surface area contributed by atoms with Gasteiger partial charge in [-0.2, -0.15) is 0 Å². The van der Waals surface area contributed by atoms with Crippen molar-refractivity contribution in [3.8, 4) is 0 Å². The summed E-state index contributed by atoms with van der Waals surface area (Å²) < 4.78 is 0. The second-order valence-corrected chi connectivity index (χ2v) is 6.98. The van der Waals surface area contributed by atoms with Gasteiger partial charge < -0.3 is 14.8 Å². The van der Waals surface area contributed by atoms with E-state index in [0.29, 0.717) is 36.9 Å². The number of hydrogen-bond donors (Lipinski definition) is 1. The summed E-state index contributed by atoms with van der Waals surface area (Å²) in [6.45, 7) is 6.45. The molecule has 1 saturated heterocycles. The van der Waals surface area contributed by atoms with E-state index in [1.165, 1.54) is 0 Å². The molecule has 3 rings (SSSR count). The highest BCUT2D eigenvalue weighted by Crippen LogP contribution is 2.21. The number of benzene rings is 1. The van der Waals surface area contributed by atoms with Crippen LogP contribution in [-0.2, 0) is 4.79 Å². The molecule has 0 atom stereocenters. The van der Waals surface area contributed by atoms with Gasteiger partial charge in [-0.15, -0.1) is 0 Å². The van der Waals surface area contributed by atoms with Crippen molar-refractivity contribution in [2.45, 2.75) is 26.7 Å². The largest absolute Gasteiger partial charge is 0.351 e. The van der Waals surface area contributed by atoms with E-state index in [2.05, 4.69) is 4.98 Å². The zero-order chi connectivity index (χ0) is 18.0. The monoisotopic (exact) mass is 361 g/mol. The van der Waals surface area contributed by atoms with Crippen molar-refractivity contribution < 1.29 is 9.59 Å². The summed E-state index contributed by atoms with van der Waals surface area (Å²) in [4.78, 5) is 32.1. The number of carbonyl (C=O) groups excluding carboxylic acids is 2. The third-order valence-corrected chi connectivity index (χ3v) is 5.26. The first-order valence-electron chi connectivity index (χ1n) is 8.89. The Bertz CT molecular complexity index is 774. The molecule has 0 radical (unpaired) electrons. The SMILES string of the molecule is CCC(CC)C(=O)N1CCN(C(=O)c2cc3cc(Cl)ccc3[nH]2)CC1. The Hall–Kier alpha value is -2.01. The molecule has 1 aliphatic heterocycles. The average molecular weight is 362 g/mol. The van der Waals surface area contributed by atoms with Gasteiger partial charge in [0, 0.05) is 48.0 Å². The molecule has 0 spiro atoms. The van der Waals surface area contributed by atoms with Crippen molar-refractivity contribution in [2.75, 3.05) is 26.2 Å². The summed E-state index contributed by atoms with van der Waals surface area (Å²) >= 11 is 6.00. The molecule has 25 heavy (non-hydrogen) atoms. The van der Waals surface area contributed by atoms with Crippen LogP contribution in [0.5, 0.6) is 0 Å². The van der Waals surface area contributed by atoms with Gasteiger partial charge in [0.25, 0.3) is 5.91 Å². The number of nitrogens with zero attached hydrogens (tertiary/aromatic N) is 2. The quantitative estimate of drug-likeness (QED) is 0.905. The maximum absolute atomic E-state index is 12.7. The summed E-state index contributed by atoms with van der Waals surface area (Å²) in [6.07, 6.45) is 1.73. The first kappa shape index (κ1) is 17.8. The van der Waals surface area contributed by atoms with Crippen LogP contribution in [0.15, 0.2) is 24.3 Å². The molecule has 134 valence electrons. The lowest BCUT2D eigenvalue weighted by atomic mass is 10.0. The molecule has 1 aromatic carbocycles. The number of carbonyl (C=O) groups is 2. The van der Waals surface area contributed by atoms with E-state index >= 15 is 0 Å². The minimum Gasteiger partial charge on any atom is -0.351 e. The fraction of sp³-hybridized carbons (Fsp3) is 0.474. The lowest BCUT2D eigenvalue weighted by molar-refractivity contribution is -0.137. The molecule has 0 saturated carbocycles. The first-order valence-corrected chi connectivity index (χ1v) is 9.27. The topological polar surface area (TPSA) is 56.4 Å². The summed E-state index contributed by atoms with van der Waals surface area (Å²) in [5.74, 6) is 0.292. The maximum atomic E-state index is 12.7. The van der Waals surface area contributed by atoms with Crippen LogP contribution in [0.25, 0.3) is 10.9 Å². The maximum Gasteiger partial charge on any atom is 0.270 e. The summed E-state index contributed by atoms with van der Waals surface area (Å²) in [5.41, 5.74) is 1.47. The highest BCUT2D eigenvalue weighted by molar-refractivity contribution is 6.31. The molecular formula is C19H24ClN3O2. The number of hydrogen-bond acceptors (Lipinski definition) is 2. The van der Waals surface area contributed by atoms with Crippen LogP contribution < -0.4 is 0 Å². The summed E-state index contributed by atoms with van der Waals surface area (Å²) in [5, 5.41) is 1.58. The van der Waals surface area contributed by atoms with Gasteiger partial charge in [0.15, 0.2) is 0 Å². The highest BCUT2D eigenvalue weighted by Gasteiger charge is 2.28. The zero-order valence-electron chi connectivity index (χ0n) is 14.7. The Morgan fingerprint density at radius 2 is 1.72 bits per heavy atom. The van der Waals surface area contributed by atoms with E-state index in [0.717, 1.165) is 23.7 Å². The number of halogens is 1. The number of aromatic amines is 1. The van der Waals surface area contributed by atoms with E-state index in [1.807, 2.05) is 41.8 Å². The molecule has 5 nitrogen and oxygen atoms in total. The first-order chi connectivity index (χ1) is 12.0. The van der Waals surface area contributed by atoms with Gasteiger partial charge in [-0.1, -0.05) is 25.4 Å². The average Bonchev–Trinajstić information content (AvgIpc) is 3.05. The standard InChI is InChI=1S/C19H24ClN3O2/c1-3-13(4-2)18(24)22-7-9-23(10-8-22)19(25)17-12-14-11-15(20)5-6-16(14)21-17/h5-6,11-13,21H,3-4,7-10H2,1-2H3. The van der Waals surface area contributed by atoms with Gasteiger partial charge in [-0.3, -0.25) is 9.59 Å². The molecule has 1 aliphatic rings. The van der Waals surface area contributed by atoms with E-state index < -0.39 is 0 Å². The van der Waals surface area contributed by atoms with Crippen LogP contribution in [0.2, 0.25) is 5.02 Å². The molecule has 2 amide bonds. The Labute approximate surface area is 152 Å². The number of nitrogens with one attached hydrogen (secondary N) is 1. The third-order valence-electron chi connectivity index (χ3n) is 5.03. The van der Waals surface area contributed by atoms with Crippen LogP contribution in [-0.4, -0.2) is 52.8 Å². The lowest BCUT2D eigenvalue weighted by Gasteiger charge is -2.36. The van der Waals surface area contributed by atoms with Crippen LogP contribution in [0.1, 0.15) is 37.2 Å². The van der Waals surface area contributed by atoms with Gasteiger partial charge in [0.2, 0.25) is 5.91 Å². The number of aromatic nitrogens is 1. The van der Waals surface area contributed by atoms with E-state index in [1.54, 1.807) is 6.07 Å². The van der Waals surface area contributed by atoms with Gasteiger partial charge in [-0.25, -0.2) is 0 Å². The van der Waals surface area contributed by atoms with Gasteiger partial charge in [-0.05, 0) is 37.1 Å². The zero-order valence-corrected chi connectivity index (χ0v) is 15.5. The van der Waals surface area contributed by atoms with Crippen molar-refractivity contribution >= 4 is 34.3 Å². The van der Waals surface area contributed by atoms with Crippen molar-refractivity contribution in [3.63, 3.8) is 0 Å². The normalized spacial score (nSPS) is 15.2. The molecule has 2 aromatic rings. The van der Waals surface area contributed by atoms with Crippen molar-refractivity contribution in [3.05, 3.63) is 35.0 Å². The Morgan fingerprint density at radius 3 is 2.36 bits per heavy atom. The molecule has 1 N–H and O–H groups in total. The Morgan fingerprint density at radius 1 is 1.08 bits per heavy atom. The van der Waals surface area contributed by atoms with Crippen LogP contribution in [0, 0.1) is 5.92 Å². The molecule has 0 unspecified atom stereocenters. The van der Waals surface area contributed by atoms with Crippen molar-refractivity contribution in [2.24, 2.45) is 5.92 Å². The van der Waals surface area contributed by atoms with Crippen LogP contribution in [0.4, 0.5) is 0 Å². The number of rotatable bonds is 4. The molecule has 6 heteroatoms. The number of amides is 2. The number of H-pyrrole nitrogens is 1. The third kappa shape index (κ3) is 3.66. The lowest BCUT2D eigenvalue weighted by Crippen LogP contribution is -2.52. The van der Waals surface area contributed by atoms with E-state index in [-0.39, 0.29) is 17.7 Å². The van der Waals surface area contributed by atoms with Crippen molar-refractivity contribution in [1.29, 1.82) is 0 Å². The number of fused-ring (bicyclic) bond motifs is 1. The van der Waals surface area contributed by atoms with E-state index in [4.69, 9.17) is 11.6 Å². The second-order valence-electron chi connectivity index (χ2n) is 6.55. The highest BCUT2D eigenvalue weighted by atomic mass is 35.5. The minimum absolute atomic E-state index is 0.0260. The molecule has 1 aromatic heterocycles. The van der Waals surface area contributed by atoms with Gasteiger partial charge >= 0.3 is 0 Å². The smallest absolute Gasteiger partial charge is 0.270 e. The predicted molar refractivity (Wildman–Crippen MR) is 99.9 cm³/mol. The Balaban J connectivity index is 1.65. The molecule has 0 bridgehead atoms. The van der Waals surface area contributed by atoms with Crippen LogP contribution >= 0.6 is 11.6 Å². The fourth-order valence-electron chi connectivity index (χ4n) is 3.42. The van der Waals surface area contributed by atoms with E-state index in [9.17, 15) is 9.59 Å². The summed E-state index contributed by atoms with van der Waals surface area (Å²) in [7, 11) is 0. The molecule has 0 aliphatic carbocycles. The van der Waals surface area contributed by atoms with Crippen molar-refractivity contribution in [1.82, 2.24) is 14.8 Å².